The molecule has 86 valence electrons. The SMILES string of the molecule is CCCCOC(=O)N/N=C/c1ccccc1. The van der Waals surface area contributed by atoms with Gasteiger partial charge in [-0.05, 0) is 12.0 Å². The Balaban J connectivity index is 2.24. The van der Waals surface area contributed by atoms with Gasteiger partial charge in [-0.2, -0.15) is 5.10 Å². The average Bonchev–Trinajstić information content (AvgIpc) is 2.31. The standard InChI is InChI=1S/C12H16N2O2/c1-2-3-9-16-12(15)14-13-10-11-7-5-4-6-8-11/h4-8,10H,2-3,9H2,1H3,(H,14,15)/b13-10+. The number of amides is 1. The maximum Gasteiger partial charge on any atom is 0.427 e. The third-order valence-corrected chi connectivity index (χ3v) is 1.90. The molecule has 0 saturated heterocycles. The van der Waals surface area contributed by atoms with Crippen molar-refractivity contribution in [3.63, 3.8) is 0 Å². The number of nitrogens with one attached hydrogen (secondary N) is 1. The van der Waals surface area contributed by atoms with Crippen LogP contribution >= 0.6 is 0 Å². The molecule has 1 aromatic rings. The highest BCUT2D eigenvalue weighted by Gasteiger charge is 1.97. The van der Waals surface area contributed by atoms with E-state index in [1.807, 2.05) is 37.3 Å². The molecule has 1 aromatic carbocycles. The van der Waals surface area contributed by atoms with Gasteiger partial charge in [-0.15, -0.1) is 0 Å². The minimum absolute atomic E-state index is 0.434. The van der Waals surface area contributed by atoms with Crippen molar-refractivity contribution in [1.82, 2.24) is 5.43 Å². The molecule has 0 atom stereocenters. The van der Waals surface area contributed by atoms with Crippen LogP contribution in [0.1, 0.15) is 25.3 Å². The van der Waals surface area contributed by atoms with Crippen molar-refractivity contribution in [2.24, 2.45) is 5.10 Å². The van der Waals surface area contributed by atoms with Gasteiger partial charge in [-0.1, -0.05) is 43.7 Å². The van der Waals surface area contributed by atoms with E-state index in [0.717, 1.165) is 18.4 Å². The zero-order chi connectivity index (χ0) is 11.6. The van der Waals surface area contributed by atoms with Crippen molar-refractivity contribution >= 4 is 12.3 Å². The van der Waals surface area contributed by atoms with Gasteiger partial charge in [0, 0.05) is 0 Å². The third-order valence-electron chi connectivity index (χ3n) is 1.90. The van der Waals surface area contributed by atoms with Gasteiger partial charge in [0.05, 0.1) is 12.8 Å². The lowest BCUT2D eigenvalue weighted by molar-refractivity contribution is 0.145. The molecule has 0 aromatic heterocycles. The van der Waals surface area contributed by atoms with E-state index in [9.17, 15) is 4.79 Å². The van der Waals surface area contributed by atoms with Crippen LogP contribution in [0.5, 0.6) is 0 Å². The molecule has 0 fully saturated rings. The first-order valence-corrected chi connectivity index (χ1v) is 5.34. The van der Waals surface area contributed by atoms with Crippen LogP contribution in [-0.4, -0.2) is 18.9 Å². The molecule has 1 amide bonds. The molecule has 4 nitrogen and oxygen atoms in total. The van der Waals surface area contributed by atoms with Crippen LogP contribution in [0.15, 0.2) is 35.4 Å². The first-order valence-electron chi connectivity index (χ1n) is 5.34. The number of nitrogens with zero attached hydrogens (tertiary/aromatic N) is 1. The van der Waals surface area contributed by atoms with Crippen LogP contribution in [0, 0.1) is 0 Å². The number of unbranched alkanes of at least 4 members (excludes halogenated alkanes) is 1. The predicted molar refractivity (Wildman–Crippen MR) is 63.4 cm³/mol. The molecule has 0 spiro atoms. The minimum atomic E-state index is -0.513. The number of hydrazone groups is 1. The predicted octanol–water partition coefficient (Wildman–Crippen LogP) is 2.55. The van der Waals surface area contributed by atoms with E-state index in [4.69, 9.17) is 4.74 Å². The smallest absolute Gasteiger partial charge is 0.427 e. The molecule has 0 saturated carbocycles. The van der Waals surface area contributed by atoms with E-state index in [0.29, 0.717) is 6.61 Å². The number of carbonyl (C=O) groups excluding carboxylic acids is 1. The fourth-order valence-corrected chi connectivity index (χ4v) is 1.04. The lowest BCUT2D eigenvalue weighted by Gasteiger charge is -2.01. The Bertz CT molecular complexity index is 336. The fraction of sp³-hybridized carbons (Fsp3) is 0.333. The summed E-state index contributed by atoms with van der Waals surface area (Å²) in [6.07, 6.45) is 2.93. The Morgan fingerprint density at radius 1 is 1.44 bits per heavy atom. The Morgan fingerprint density at radius 3 is 2.88 bits per heavy atom. The molecule has 0 aliphatic carbocycles. The Labute approximate surface area is 95.3 Å². The van der Waals surface area contributed by atoms with Crippen LogP contribution in [0.4, 0.5) is 4.79 Å². The van der Waals surface area contributed by atoms with Crippen LogP contribution in [-0.2, 0) is 4.74 Å². The van der Waals surface area contributed by atoms with Crippen molar-refractivity contribution in [2.45, 2.75) is 19.8 Å². The summed E-state index contributed by atoms with van der Waals surface area (Å²) in [6, 6.07) is 9.52. The largest absolute Gasteiger partial charge is 0.448 e. The minimum Gasteiger partial charge on any atom is -0.448 e. The number of hydrogen-bond acceptors (Lipinski definition) is 3. The molecule has 16 heavy (non-hydrogen) atoms. The van der Waals surface area contributed by atoms with Gasteiger partial charge < -0.3 is 4.74 Å². The van der Waals surface area contributed by atoms with E-state index in [-0.39, 0.29) is 0 Å². The summed E-state index contributed by atoms with van der Waals surface area (Å²) in [6.45, 7) is 2.47. The Morgan fingerprint density at radius 2 is 2.19 bits per heavy atom. The van der Waals surface area contributed by atoms with E-state index < -0.39 is 6.09 Å². The van der Waals surface area contributed by atoms with Gasteiger partial charge in [0.25, 0.3) is 0 Å². The quantitative estimate of drug-likeness (QED) is 0.471. The summed E-state index contributed by atoms with van der Waals surface area (Å²) >= 11 is 0. The molecular formula is C12H16N2O2. The average molecular weight is 220 g/mol. The molecule has 4 heteroatoms. The van der Waals surface area contributed by atoms with Gasteiger partial charge in [-0.25, -0.2) is 10.2 Å². The van der Waals surface area contributed by atoms with Crippen molar-refractivity contribution in [2.75, 3.05) is 6.61 Å². The van der Waals surface area contributed by atoms with Crippen LogP contribution in [0.25, 0.3) is 0 Å². The van der Waals surface area contributed by atoms with Crippen molar-refractivity contribution < 1.29 is 9.53 Å². The van der Waals surface area contributed by atoms with E-state index >= 15 is 0 Å². The lowest BCUT2D eigenvalue weighted by Crippen LogP contribution is -2.19. The third kappa shape index (κ3) is 5.14. The normalized spacial score (nSPS) is 10.3. The van der Waals surface area contributed by atoms with Crippen LogP contribution in [0.2, 0.25) is 0 Å². The first kappa shape index (κ1) is 12.2. The Kier molecular flexibility index (Phi) is 5.70. The summed E-state index contributed by atoms with van der Waals surface area (Å²) in [4.78, 5) is 11.1. The summed E-state index contributed by atoms with van der Waals surface area (Å²) in [5, 5.41) is 3.77. The maximum atomic E-state index is 11.1. The monoisotopic (exact) mass is 220 g/mol. The zero-order valence-corrected chi connectivity index (χ0v) is 9.35. The summed E-state index contributed by atoms with van der Waals surface area (Å²) in [7, 11) is 0. The number of carbonyl (C=O) groups is 1. The maximum absolute atomic E-state index is 11.1. The second-order valence-electron chi connectivity index (χ2n) is 3.27. The van der Waals surface area contributed by atoms with Crippen molar-refractivity contribution in [3.8, 4) is 0 Å². The molecule has 0 bridgehead atoms. The van der Waals surface area contributed by atoms with Crippen molar-refractivity contribution in [3.05, 3.63) is 35.9 Å². The topological polar surface area (TPSA) is 50.7 Å². The number of hydrogen-bond donors (Lipinski definition) is 1. The lowest BCUT2D eigenvalue weighted by atomic mass is 10.2. The molecule has 1 rings (SSSR count). The highest BCUT2D eigenvalue weighted by Crippen LogP contribution is 1.93. The van der Waals surface area contributed by atoms with Gasteiger partial charge in [0.1, 0.15) is 0 Å². The van der Waals surface area contributed by atoms with Crippen LogP contribution < -0.4 is 5.43 Å². The van der Waals surface area contributed by atoms with Gasteiger partial charge in [-0.3, -0.25) is 0 Å². The van der Waals surface area contributed by atoms with Crippen LogP contribution in [0.3, 0.4) is 0 Å². The molecule has 0 radical (unpaired) electrons. The van der Waals surface area contributed by atoms with E-state index in [1.165, 1.54) is 0 Å². The first-order chi connectivity index (χ1) is 7.83. The van der Waals surface area contributed by atoms with E-state index in [2.05, 4.69) is 10.5 Å². The molecule has 0 heterocycles. The molecule has 1 N–H and O–H groups in total. The number of rotatable bonds is 5. The summed E-state index contributed by atoms with van der Waals surface area (Å²) < 4.78 is 4.86. The van der Waals surface area contributed by atoms with Crippen molar-refractivity contribution in [1.29, 1.82) is 0 Å². The number of ether oxygens (including phenoxy) is 1. The van der Waals surface area contributed by atoms with Gasteiger partial charge in [0.15, 0.2) is 0 Å². The number of benzene rings is 1. The Hall–Kier alpha value is -1.84. The molecular weight excluding hydrogens is 204 g/mol. The summed E-state index contributed by atoms with van der Waals surface area (Å²) in [5.41, 5.74) is 3.23. The highest BCUT2D eigenvalue weighted by molar-refractivity contribution is 5.80. The fourth-order valence-electron chi connectivity index (χ4n) is 1.04. The zero-order valence-electron chi connectivity index (χ0n) is 9.35. The second-order valence-corrected chi connectivity index (χ2v) is 3.27. The van der Waals surface area contributed by atoms with Gasteiger partial charge in [0.2, 0.25) is 0 Å². The van der Waals surface area contributed by atoms with Gasteiger partial charge >= 0.3 is 6.09 Å². The molecule has 0 aliphatic rings. The second kappa shape index (κ2) is 7.45. The molecule has 0 unspecified atom stereocenters. The van der Waals surface area contributed by atoms with E-state index in [1.54, 1.807) is 6.21 Å². The summed E-state index contributed by atoms with van der Waals surface area (Å²) in [5.74, 6) is 0. The highest BCUT2D eigenvalue weighted by atomic mass is 16.5. The molecule has 0 aliphatic heterocycles.